The predicted molar refractivity (Wildman–Crippen MR) is 150 cm³/mol. The fraction of sp³-hybridized carbons (Fsp3) is 1.00. The topological polar surface area (TPSA) is 49.0 Å². The lowest BCUT2D eigenvalue weighted by molar-refractivity contribution is -0.239. The second kappa shape index (κ2) is 11.7. The van der Waals surface area contributed by atoms with Crippen molar-refractivity contribution in [3.8, 4) is 0 Å². The first-order chi connectivity index (χ1) is 17.4. The minimum Gasteiger partial charge on any atom is -0.376 e. The summed E-state index contributed by atoms with van der Waals surface area (Å²) in [6, 6.07) is 0.305. The highest BCUT2D eigenvalue weighted by Crippen LogP contribution is 2.69. The van der Waals surface area contributed by atoms with Gasteiger partial charge in [0.1, 0.15) is 0 Å². The standard InChI is InChI=1S/C32H59NO4/c1-11-21(6)37-29-18-27-30(26-13-12-25(32(26,29)9)22(7)33-34-10)28(36-20(4)5)17-23-16-24(35-19(2)3)14-15-31(23,27)8/h19-30,33H,11-18H2,1-10H3/t21?,22-,23?,24?,25?,26?,27?,28?,29?,30?,31?,32?/m0/s1. The molecule has 5 nitrogen and oxygen atoms in total. The van der Waals surface area contributed by atoms with Gasteiger partial charge in [-0.2, -0.15) is 5.48 Å². The van der Waals surface area contributed by atoms with E-state index in [0.29, 0.717) is 59.4 Å². The number of ether oxygens (including phenoxy) is 3. The zero-order valence-corrected chi connectivity index (χ0v) is 25.7. The molecule has 0 aliphatic heterocycles. The molecule has 0 bridgehead atoms. The summed E-state index contributed by atoms with van der Waals surface area (Å²) in [4.78, 5) is 5.46. The van der Waals surface area contributed by atoms with Crippen molar-refractivity contribution in [2.45, 2.75) is 156 Å². The third-order valence-electron chi connectivity index (χ3n) is 11.5. The molecule has 4 rings (SSSR count). The fourth-order valence-electron chi connectivity index (χ4n) is 9.80. The van der Waals surface area contributed by atoms with Crippen molar-refractivity contribution >= 4 is 0 Å². The highest BCUT2D eigenvalue weighted by Gasteiger charge is 2.67. The van der Waals surface area contributed by atoms with Crippen molar-refractivity contribution in [1.29, 1.82) is 0 Å². The van der Waals surface area contributed by atoms with Crippen molar-refractivity contribution in [2.24, 2.45) is 40.4 Å². The molecule has 5 heteroatoms. The zero-order chi connectivity index (χ0) is 27.1. The van der Waals surface area contributed by atoms with Crippen LogP contribution < -0.4 is 5.48 Å². The van der Waals surface area contributed by atoms with Gasteiger partial charge in [-0.3, -0.25) is 0 Å². The van der Waals surface area contributed by atoms with Crippen molar-refractivity contribution in [3.63, 3.8) is 0 Å². The number of nitrogens with one attached hydrogen (secondary N) is 1. The van der Waals surface area contributed by atoms with E-state index < -0.39 is 0 Å². The van der Waals surface area contributed by atoms with Gasteiger partial charge in [-0.1, -0.05) is 20.8 Å². The Morgan fingerprint density at radius 1 is 0.838 bits per heavy atom. The maximum absolute atomic E-state index is 7.05. The number of hydrogen-bond donors (Lipinski definition) is 1. The summed E-state index contributed by atoms with van der Waals surface area (Å²) >= 11 is 0. The molecule has 0 spiro atoms. The smallest absolute Gasteiger partial charge is 0.0641 e. The SMILES string of the molecule is CCC(C)OC1CC2C(C(OC(C)C)CC3CC(OC(C)C)CCC32C)C2CCC([C@H](C)NOC)C12C. The zero-order valence-electron chi connectivity index (χ0n) is 25.7. The first-order valence-corrected chi connectivity index (χ1v) is 15.7. The lowest BCUT2D eigenvalue weighted by Crippen LogP contribution is -2.64. The predicted octanol–water partition coefficient (Wildman–Crippen LogP) is 7.18. The number of hydrogen-bond acceptors (Lipinski definition) is 5. The van der Waals surface area contributed by atoms with Crippen LogP contribution in [0.2, 0.25) is 0 Å². The van der Waals surface area contributed by atoms with E-state index in [1.807, 2.05) is 0 Å². The molecular formula is C32H59NO4. The molecule has 0 radical (unpaired) electrons. The van der Waals surface area contributed by atoms with E-state index in [4.69, 9.17) is 19.0 Å². The van der Waals surface area contributed by atoms with Crippen molar-refractivity contribution in [2.75, 3.05) is 7.11 Å². The molecule has 37 heavy (non-hydrogen) atoms. The summed E-state index contributed by atoms with van der Waals surface area (Å²) in [5.74, 6) is 3.07. The van der Waals surface area contributed by atoms with Gasteiger partial charge in [0.25, 0.3) is 0 Å². The monoisotopic (exact) mass is 521 g/mol. The summed E-state index contributed by atoms with van der Waals surface area (Å²) < 4.78 is 20.3. The average molecular weight is 522 g/mol. The minimum atomic E-state index is 0.120. The molecule has 1 N–H and O–H groups in total. The first kappa shape index (κ1) is 29.8. The molecule has 216 valence electrons. The molecule has 0 heterocycles. The fourth-order valence-corrected chi connectivity index (χ4v) is 9.80. The second-order valence-electron chi connectivity index (χ2n) is 14.3. The van der Waals surface area contributed by atoms with Crippen molar-refractivity contribution in [1.82, 2.24) is 5.48 Å². The van der Waals surface area contributed by atoms with Crippen LogP contribution in [-0.4, -0.2) is 49.8 Å². The van der Waals surface area contributed by atoms with Crippen molar-refractivity contribution < 1.29 is 19.0 Å². The second-order valence-corrected chi connectivity index (χ2v) is 14.3. The van der Waals surface area contributed by atoms with Crippen LogP contribution in [0.25, 0.3) is 0 Å². The van der Waals surface area contributed by atoms with Gasteiger partial charge in [-0.05, 0) is 128 Å². The molecule has 4 aliphatic carbocycles. The van der Waals surface area contributed by atoms with Crippen LogP contribution in [0.1, 0.15) is 114 Å². The Morgan fingerprint density at radius 3 is 2.16 bits per heavy atom. The van der Waals surface area contributed by atoms with Gasteiger partial charge in [0.2, 0.25) is 0 Å². The largest absolute Gasteiger partial charge is 0.376 e. The summed E-state index contributed by atoms with van der Waals surface area (Å²) in [6.45, 7) is 20.9. The Kier molecular flexibility index (Phi) is 9.44. The summed E-state index contributed by atoms with van der Waals surface area (Å²) in [5.41, 5.74) is 3.78. The maximum atomic E-state index is 7.05. The van der Waals surface area contributed by atoms with E-state index in [0.717, 1.165) is 6.42 Å². The van der Waals surface area contributed by atoms with E-state index in [-0.39, 0.29) is 23.7 Å². The third kappa shape index (κ3) is 5.56. The lowest BCUT2D eigenvalue weighted by Gasteiger charge is -2.65. The highest BCUT2D eigenvalue weighted by molar-refractivity contribution is 5.15. The van der Waals surface area contributed by atoms with Crippen LogP contribution in [0.15, 0.2) is 0 Å². The highest BCUT2D eigenvalue weighted by atomic mass is 16.6. The first-order valence-electron chi connectivity index (χ1n) is 15.7. The van der Waals surface area contributed by atoms with E-state index in [9.17, 15) is 0 Å². The van der Waals surface area contributed by atoms with Crippen LogP contribution in [0.4, 0.5) is 0 Å². The Morgan fingerprint density at radius 2 is 1.54 bits per heavy atom. The third-order valence-corrected chi connectivity index (χ3v) is 11.5. The van der Waals surface area contributed by atoms with Gasteiger partial charge in [-0.25, -0.2) is 0 Å². The van der Waals surface area contributed by atoms with Crippen molar-refractivity contribution in [3.05, 3.63) is 0 Å². The van der Waals surface area contributed by atoms with Gasteiger partial charge in [0.05, 0.1) is 43.7 Å². The van der Waals surface area contributed by atoms with E-state index >= 15 is 0 Å². The molecule has 0 aromatic carbocycles. The molecule has 4 aliphatic rings. The molecule has 11 unspecified atom stereocenters. The minimum absolute atomic E-state index is 0.120. The van der Waals surface area contributed by atoms with Crippen LogP contribution in [0, 0.1) is 40.4 Å². The van der Waals surface area contributed by atoms with E-state index in [1.165, 1.54) is 44.9 Å². The summed E-state index contributed by atoms with van der Waals surface area (Å²) in [7, 11) is 1.75. The summed E-state index contributed by atoms with van der Waals surface area (Å²) in [6.07, 6.45) is 11.4. The Hall–Kier alpha value is -0.200. The molecule has 4 fully saturated rings. The number of hydroxylamine groups is 1. The van der Waals surface area contributed by atoms with Gasteiger partial charge in [-0.15, -0.1) is 0 Å². The molecule has 0 aromatic heterocycles. The number of fused-ring (bicyclic) bond motifs is 5. The molecular weight excluding hydrogens is 462 g/mol. The van der Waals surface area contributed by atoms with Gasteiger partial charge in [0, 0.05) is 11.5 Å². The van der Waals surface area contributed by atoms with E-state index in [1.54, 1.807) is 7.11 Å². The normalized spacial score (nSPS) is 45.4. The Balaban J connectivity index is 1.72. The quantitative estimate of drug-likeness (QED) is 0.309. The maximum Gasteiger partial charge on any atom is 0.0641 e. The molecule has 12 atom stereocenters. The Labute approximate surface area is 228 Å². The average Bonchev–Trinajstić information content (AvgIpc) is 3.18. The molecule has 0 aromatic rings. The van der Waals surface area contributed by atoms with E-state index in [2.05, 4.69) is 67.8 Å². The van der Waals surface area contributed by atoms with Crippen LogP contribution >= 0.6 is 0 Å². The molecule has 0 amide bonds. The van der Waals surface area contributed by atoms with Crippen LogP contribution in [0.3, 0.4) is 0 Å². The lowest BCUT2D eigenvalue weighted by atomic mass is 9.43. The Bertz CT molecular complexity index is 744. The van der Waals surface area contributed by atoms with Crippen LogP contribution in [-0.2, 0) is 19.0 Å². The molecule has 4 saturated carbocycles. The van der Waals surface area contributed by atoms with Gasteiger partial charge >= 0.3 is 0 Å². The van der Waals surface area contributed by atoms with Gasteiger partial charge < -0.3 is 19.0 Å². The van der Waals surface area contributed by atoms with Crippen LogP contribution in [0.5, 0.6) is 0 Å². The number of rotatable bonds is 10. The molecule has 0 saturated heterocycles. The summed E-state index contributed by atoms with van der Waals surface area (Å²) in [5, 5.41) is 0. The van der Waals surface area contributed by atoms with Gasteiger partial charge in [0.15, 0.2) is 0 Å².